The molecular weight excluding hydrogens is 352 g/mol. The molecule has 28 heavy (non-hydrogen) atoms. The number of likely N-dealkylation sites (tertiary alicyclic amines) is 1. The highest BCUT2D eigenvalue weighted by Crippen LogP contribution is 2.25. The van der Waals surface area contributed by atoms with E-state index in [0.717, 1.165) is 30.8 Å². The van der Waals surface area contributed by atoms with Crippen molar-refractivity contribution >= 4 is 5.91 Å². The van der Waals surface area contributed by atoms with Gasteiger partial charge in [0.15, 0.2) is 0 Å². The van der Waals surface area contributed by atoms with Gasteiger partial charge in [-0.25, -0.2) is 0 Å². The summed E-state index contributed by atoms with van der Waals surface area (Å²) >= 11 is 0. The number of ether oxygens (including phenoxy) is 2. The number of hydrogen-bond acceptors (Lipinski definition) is 4. The largest absolute Gasteiger partial charge is 0.497 e. The summed E-state index contributed by atoms with van der Waals surface area (Å²) in [6.07, 6.45) is 3.87. The molecule has 3 rings (SSSR count). The molecule has 150 valence electrons. The van der Waals surface area contributed by atoms with Crippen LogP contribution in [0.1, 0.15) is 30.4 Å². The van der Waals surface area contributed by atoms with Gasteiger partial charge in [-0.2, -0.15) is 0 Å². The fourth-order valence-corrected chi connectivity index (χ4v) is 3.78. The van der Waals surface area contributed by atoms with Crippen molar-refractivity contribution < 1.29 is 14.3 Å². The number of amides is 1. The van der Waals surface area contributed by atoms with Gasteiger partial charge in [0.2, 0.25) is 5.91 Å². The minimum atomic E-state index is 0.0219. The van der Waals surface area contributed by atoms with Crippen LogP contribution >= 0.6 is 0 Å². The summed E-state index contributed by atoms with van der Waals surface area (Å²) in [6.45, 7) is 2.71. The maximum atomic E-state index is 12.5. The van der Waals surface area contributed by atoms with Crippen LogP contribution in [0, 0.1) is 0 Å². The van der Waals surface area contributed by atoms with Gasteiger partial charge in [-0.3, -0.25) is 9.69 Å². The van der Waals surface area contributed by atoms with Gasteiger partial charge in [0.25, 0.3) is 0 Å². The number of hydrogen-bond donors (Lipinski definition) is 1. The maximum absolute atomic E-state index is 12.5. The van der Waals surface area contributed by atoms with E-state index in [-0.39, 0.29) is 5.91 Å². The van der Waals surface area contributed by atoms with Crippen LogP contribution in [0.5, 0.6) is 11.5 Å². The minimum Gasteiger partial charge on any atom is -0.497 e. The van der Waals surface area contributed by atoms with Crippen molar-refractivity contribution in [1.82, 2.24) is 10.2 Å². The van der Waals surface area contributed by atoms with Crippen LogP contribution in [-0.4, -0.2) is 44.2 Å². The highest BCUT2D eigenvalue weighted by atomic mass is 16.5. The lowest BCUT2D eigenvalue weighted by molar-refractivity contribution is -0.120. The zero-order chi connectivity index (χ0) is 19.8. The Bertz CT molecular complexity index is 764. The van der Waals surface area contributed by atoms with Crippen LogP contribution in [0.15, 0.2) is 48.5 Å². The van der Waals surface area contributed by atoms with Gasteiger partial charge in [0, 0.05) is 30.8 Å². The monoisotopic (exact) mass is 382 g/mol. The zero-order valence-electron chi connectivity index (χ0n) is 16.8. The molecule has 5 heteroatoms. The maximum Gasteiger partial charge on any atom is 0.224 e. The Morgan fingerprint density at radius 3 is 2.68 bits per heavy atom. The standard InChI is InChI=1S/C23H30N2O3/c1-27-21-12-11-19(22(15-21)28-2)14-23(26)24-16-20-10-6-7-13-25(20)17-18-8-4-3-5-9-18/h3-5,8-9,11-12,15,20H,6-7,10,13-14,16-17H2,1-2H3,(H,24,26). The summed E-state index contributed by atoms with van der Waals surface area (Å²) in [5, 5.41) is 3.13. The average molecular weight is 383 g/mol. The highest BCUT2D eigenvalue weighted by Gasteiger charge is 2.23. The lowest BCUT2D eigenvalue weighted by Gasteiger charge is -2.36. The number of nitrogens with one attached hydrogen (secondary N) is 1. The molecule has 0 spiro atoms. The van der Waals surface area contributed by atoms with E-state index in [9.17, 15) is 4.79 Å². The van der Waals surface area contributed by atoms with E-state index in [1.54, 1.807) is 14.2 Å². The molecule has 0 bridgehead atoms. The Morgan fingerprint density at radius 2 is 1.93 bits per heavy atom. The van der Waals surface area contributed by atoms with Gasteiger partial charge in [0.05, 0.1) is 20.6 Å². The molecular formula is C23H30N2O3. The number of piperidine rings is 1. The Morgan fingerprint density at radius 1 is 1.11 bits per heavy atom. The molecule has 0 aliphatic carbocycles. The predicted octanol–water partition coefficient (Wildman–Crippen LogP) is 3.42. The van der Waals surface area contributed by atoms with Crippen LogP contribution in [0.4, 0.5) is 0 Å². The van der Waals surface area contributed by atoms with Crippen LogP contribution in [0.25, 0.3) is 0 Å². The van der Waals surface area contributed by atoms with E-state index < -0.39 is 0 Å². The molecule has 0 aromatic heterocycles. The topological polar surface area (TPSA) is 50.8 Å². The first-order valence-electron chi connectivity index (χ1n) is 9.95. The lowest BCUT2D eigenvalue weighted by Crippen LogP contribution is -2.46. The summed E-state index contributed by atoms with van der Waals surface area (Å²) in [5.41, 5.74) is 2.19. The molecule has 1 amide bonds. The Kier molecular flexibility index (Phi) is 7.31. The van der Waals surface area contributed by atoms with E-state index in [1.807, 2.05) is 24.3 Å². The molecule has 1 N–H and O–H groups in total. The summed E-state index contributed by atoms with van der Waals surface area (Å²) in [5.74, 6) is 1.42. The van der Waals surface area contributed by atoms with Crippen molar-refractivity contribution in [3.63, 3.8) is 0 Å². The normalized spacial score (nSPS) is 17.1. The fraction of sp³-hybridized carbons (Fsp3) is 0.435. The Balaban J connectivity index is 1.55. The number of nitrogens with zero attached hydrogens (tertiary/aromatic N) is 1. The summed E-state index contributed by atoms with van der Waals surface area (Å²) in [7, 11) is 3.23. The van der Waals surface area contributed by atoms with Gasteiger partial charge in [-0.05, 0) is 31.0 Å². The lowest BCUT2D eigenvalue weighted by atomic mass is 10.0. The Labute approximate surface area is 167 Å². The molecule has 1 aliphatic rings. The number of benzene rings is 2. The number of rotatable bonds is 8. The zero-order valence-corrected chi connectivity index (χ0v) is 16.8. The van der Waals surface area contributed by atoms with Gasteiger partial charge in [-0.1, -0.05) is 42.8 Å². The third kappa shape index (κ3) is 5.49. The van der Waals surface area contributed by atoms with E-state index >= 15 is 0 Å². The molecule has 0 radical (unpaired) electrons. The third-order valence-corrected chi connectivity index (χ3v) is 5.36. The van der Waals surface area contributed by atoms with Crippen molar-refractivity contribution in [1.29, 1.82) is 0 Å². The van der Waals surface area contributed by atoms with E-state index in [2.05, 4.69) is 34.5 Å². The molecule has 0 saturated carbocycles. The van der Waals surface area contributed by atoms with E-state index in [4.69, 9.17) is 9.47 Å². The summed E-state index contributed by atoms with van der Waals surface area (Å²) < 4.78 is 10.6. The van der Waals surface area contributed by atoms with Crippen molar-refractivity contribution in [3.8, 4) is 11.5 Å². The molecule has 1 atom stereocenters. The second kappa shape index (κ2) is 10.1. The fourth-order valence-electron chi connectivity index (χ4n) is 3.78. The quantitative estimate of drug-likeness (QED) is 0.760. The van der Waals surface area contributed by atoms with Gasteiger partial charge in [-0.15, -0.1) is 0 Å². The van der Waals surface area contributed by atoms with Crippen molar-refractivity contribution in [2.75, 3.05) is 27.3 Å². The van der Waals surface area contributed by atoms with Crippen molar-refractivity contribution in [2.24, 2.45) is 0 Å². The number of carbonyl (C=O) groups is 1. The average Bonchev–Trinajstić information content (AvgIpc) is 2.74. The highest BCUT2D eigenvalue weighted by molar-refractivity contribution is 5.79. The smallest absolute Gasteiger partial charge is 0.224 e. The Hall–Kier alpha value is -2.53. The predicted molar refractivity (Wildman–Crippen MR) is 111 cm³/mol. The molecule has 1 heterocycles. The summed E-state index contributed by atoms with van der Waals surface area (Å²) in [4.78, 5) is 15.0. The first kappa shape index (κ1) is 20.2. The third-order valence-electron chi connectivity index (χ3n) is 5.36. The molecule has 1 aliphatic heterocycles. The molecule has 2 aromatic rings. The molecule has 1 unspecified atom stereocenters. The molecule has 1 fully saturated rings. The van der Waals surface area contributed by atoms with E-state index in [1.165, 1.54) is 18.4 Å². The summed E-state index contributed by atoms with van der Waals surface area (Å²) in [6, 6.07) is 16.5. The SMILES string of the molecule is COc1ccc(CC(=O)NCC2CCCCN2Cc2ccccc2)c(OC)c1. The molecule has 2 aromatic carbocycles. The minimum absolute atomic E-state index is 0.0219. The number of carbonyl (C=O) groups excluding carboxylic acids is 1. The second-order valence-corrected chi connectivity index (χ2v) is 7.26. The van der Waals surface area contributed by atoms with Gasteiger partial charge in [0.1, 0.15) is 11.5 Å². The van der Waals surface area contributed by atoms with Gasteiger partial charge >= 0.3 is 0 Å². The number of methoxy groups -OCH3 is 2. The van der Waals surface area contributed by atoms with Crippen molar-refractivity contribution in [2.45, 2.75) is 38.3 Å². The molecule has 1 saturated heterocycles. The molecule has 5 nitrogen and oxygen atoms in total. The first-order chi connectivity index (χ1) is 13.7. The van der Waals surface area contributed by atoms with E-state index in [0.29, 0.717) is 24.8 Å². The van der Waals surface area contributed by atoms with Gasteiger partial charge < -0.3 is 14.8 Å². The van der Waals surface area contributed by atoms with Crippen LogP contribution in [0.3, 0.4) is 0 Å². The van der Waals surface area contributed by atoms with Crippen LogP contribution < -0.4 is 14.8 Å². The van der Waals surface area contributed by atoms with Crippen LogP contribution in [0.2, 0.25) is 0 Å². The van der Waals surface area contributed by atoms with Crippen LogP contribution in [-0.2, 0) is 17.8 Å². The second-order valence-electron chi connectivity index (χ2n) is 7.26. The first-order valence-corrected chi connectivity index (χ1v) is 9.95. The van der Waals surface area contributed by atoms with Crippen molar-refractivity contribution in [3.05, 3.63) is 59.7 Å².